The highest BCUT2D eigenvalue weighted by atomic mass is 16.6. The number of unbranched alkanes of at least 4 members (excludes halogenated alkanes) is 4. The lowest BCUT2D eigenvalue weighted by atomic mass is 10.1. The minimum atomic E-state index is -0.488. The Hall–Kier alpha value is -2.22. The van der Waals surface area contributed by atoms with Gasteiger partial charge in [0, 0.05) is 24.7 Å². The average molecular weight is 387 g/mol. The molecule has 0 N–H and O–H groups in total. The van der Waals surface area contributed by atoms with Gasteiger partial charge in [0.05, 0.1) is 12.2 Å². The van der Waals surface area contributed by atoms with E-state index in [1.165, 1.54) is 19.3 Å². The molecule has 1 amide bonds. The smallest absolute Gasteiger partial charge is 0.410 e. The molecule has 0 aliphatic carbocycles. The summed E-state index contributed by atoms with van der Waals surface area (Å²) in [6.07, 6.45) is 10.9. The first-order valence-corrected chi connectivity index (χ1v) is 10.5. The summed E-state index contributed by atoms with van der Waals surface area (Å²) in [5.41, 5.74) is 0.377. The Morgan fingerprint density at radius 3 is 2.86 bits per heavy atom. The molecule has 0 bridgehead atoms. The summed E-state index contributed by atoms with van der Waals surface area (Å²) in [5.74, 6) is 7.07. The molecule has 1 aliphatic heterocycles. The third-order valence-electron chi connectivity index (χ3n) is 4.55. The molecule has 1 fully saturated rings. The van der Waals surface area contributed by atoms with Gasteiger partial charge in [0.1, 0.15) is 18.0 Å². The Bertz CT molecular complexity index is 685. The van der Waals surface area contributed by atoms with Crippen molar-refractivity contribution in [1.29, 1.82) is 0 Å². The molecular formula is C23H34N2O3. The van der Waals surface area contributed by atoms with Gasteiger partial charge in [-0.3, -0.25) is 4.98 Å². The van der Waals surface area contributed by atoms with E-state index < -0.39 is 5.60 Å². The van der Waals surface area contributed by atoms with Gasteiger partial charge in [-0.1, -0.05) is 38.0 Å². The number of ether oxygens (including phenoxy) is 2. The lowest BCUT2D eigenvalue weighted by Gasteiger charge is -2.28. The molecule has 0 saturated carbocycles. The van der Waals surface area contributed by atoms with Crippen molar-refractivity contribution in [3.8, 4) is 17.6 Å². The molecule has 1 saturated heterocycles. The number of hydrogen-bond acceptors (Lipinski definition) is 4. The van der Waals surface area contributed by atoms with Crippen LogP contribution in [0.5, 0.6) is 5.75 Å². The number of carbonyl (C=O) groups is 1. The number of pyridine rings is 1. The second-order valence-corrected chi connectivity index (χ2v) is 8.30. The van der Waals surface area contributed by atoms with E-state index in [1.807, 2.05) is 26.8 Å². The molecule has 0 spiro atoms. The van der Waals surface area contributed by atoms with Crippen LogP contribution in [0.1, 0.15) is 78.2 Å². The van der Waals surface area contributed by atoms with Gasteiger partial charge in [-0.15, -0.1) is 0 Å². The molecule has 0 radical (unpaired) electrons. The van der Waals surface area contributed by atoms with E-state index in [-0.39, 0.29) is 12.1 Å². The minimum absolute atomic E-state index is 0.0307. The van der Waals surface area contributed by atoms with Gasteiger partial charge in [-0.05, 0) is 46.1 Å². The third-order valence-corrected chi connectivity index (χ3v) is 4.55. The molecule has 5 nitrogen and oxygen atoms in total. The highest BCUT2D eigenvalue weighted by molar-refractivity contribution is 5.69. The Labute approximate surface area is 169 Å². The van der Waals surface area contributed by atoms with Crippen molar-refractivity contribution in [1.82, 2.24) is 9.88 Å². The first-order chi connectivity index (χ1) is 13.4. The number of aromatic nitrogens is 1. The minimum Gasteiger partial charge on any atom is -0.490 e. The summed E-state index contributed by atoms with van der Waals surface area (Å²) in [4.78, 5) is 18.4. The van der Waals surface area contributed by atoms with Crippen molar-refractivity contribution in [2.75, 3.05) is 13.2 Å². The predicted octanol–water partition coefficient (Wildman–Crippen LogP) is 5.18. The molecule has 1 aliphatic rings. The number of carbonyl (C=O) groups excluding carboxylic acids is 1. The fraction of sp³-hybridized carbons (Fsp3) is 0.652. The SMILES string of the molecule is CCCCCCC#Cc1cncc(OC[C@H]2CCCN2C(=O)OC(C)(C)C)c1. The summed E-state index contributed by atoms with van der Waals surface area (Å²) >= 11 is 0. The molecule has 0 aromatic carbocycles. The van der Waals surface area contributed by atoms with E-state index in [0.29, 0.717) is 18.9 Å². The van der Waals surface area contributed by atoms with Crippen molar-refractivity contribution < 1.29 is 14.3 Å². The van der Waals surface area contributed by atoms with Crippen LogP contribution in [-0.2, 0) is 4.74 Å². The van der Waals surface area contributed by atoms with Gasteiger partial charge in [0.2, 0.25) is 0 Å². The Kier molecular flexibility index (Phi) is 8.63. The standard InChI is InChI=1S/C23H34N2O3/c1-5-6-7-8-9-10-12-19-15-21(17-24-16-19)27-18-20-13-11-14-25(20)22(26)28-23(2,3)4/h15-17,20H,5-9,11,13-14,18H2,1-4H3/t20-/m1/s1. The molecule has 28 heavy (non-hydrogen) atoms. The summed E-state index contributed by atoms with van der Waals surface area (Å²) in [6, 6.07) is 1.95. The zero-order valence-corrected chi connectivity index (χ0v) is 17.8. The first kappa shape index (κ1) is 22.1. The van der Waals surface area contributed by atoms with Crippen LogP contribution in [0.15, 0.2) is 18.5 Å². The van der Waals surface area contributed by atoms with Crippen molar-refractivity contribution in [2.24, 2.45) is 0 Å². The van der Waals surface area contributed by atoms with Crippen LogP contribution in [0.3, 0.4) is 0 Å². The van der Waals surface area contributed by atoms with E-state index in [2.05, 4.69) is 23.7 Å². The molecule has 1 aromatic rings. The van der Waals surface area contributed by atoms with Crippen molar-refractivity contribution in [3.05, 3.63) is 24.0 Å². The number of hydrogen-bond donors (Lipinski definition) is 0. The molecule has 154 valence electrons. The Morgan fingerprint density at radius 2 is 2.11 bits per heavy atom. The fourth-order valence-electron chi connectivity index (χ4n) is 3.13. The topological polar surface area (TPSA) is 51.7 Å². The van der Waals surface area contributed by atoms with Crippen LogP contribution < -0.4 is 4.74 Å². The average Bonchev–Trinajstić information content (AvgIpc) is 3.11. The van der Waals surface area contributed by atoms with Crippen LogP contribution in [0.25, 0.3) is 0 Å². The number of rotatable bonds is 7. The molecule has 2 rings (SSSR count). The highest BCUT2D eigenvalue weighted by Crippen LogP contribution is 2.22. The second-order valence-electron chi connectivity index (χ2n) is 8.30. The maximum absolute atomic E-state index is 12.4. The van der Waals surface area contributed by atoms with E-state index in [4.69, 9.17) is 9.47 Å². The molecule has 1 aromatic heterocycles. The molecule has 2 heterocycles. The second kappa shape index (κ2) is 10.9. The fourth-order valence-corrected chi connectivity index (χ4v) is 3.13. The van der Waals surface area contributed by atoms with Crippen molar-refractivity contribution >= 4 is 6.09 Å². The van der Waals surface area contributed by atoms with Crippen LogP contribution >= 0.6 is 0 Å². The first-order valence-electron chi connectivity index (χ1n) is 10.5. The van der Waals surface area contributed by atoms with Crippen LogP contribution in [0.4, 0.5) is 4.79 Å². The van der Waals surface area contributed by atoms with Gasteiger partial charge in [0.15, 0.2) is 0 Å². The third kappa shape index (κ3) is 7.80. The van der Waals surface area contributed by atoms with Crippen molar-refractivity contribution in [3.63, 3.8) is 0 Å². The van der Waals surface area contributed by atoms with Gasteiger partial charge >= 0.3 is 6.09 Å². The molecule has 5 heteroatoms. The molecular weight excluding hydrogens is 352 g/mol. The number of likely N-dealkylation sites (tertiary alicyclic amines) is 1. The summed E-state index contributed by atoms with van der Waals surface area (Å²) < 4.78 is 11.4. The maximum atomic E-state index is 12.4. The number of amides is 1. The Balaban J connectivity index is 1.85. The lowest BCUT2D eigenvalue weighted by molar-refractivity contribution is 0.0187. The highest BCUT2D eigenvalue weighted by Gasteiger charge is 2.32. The van der Waals surface area contributed by atoms with Crippen LogP contribution in [0, 0.1) is 11.8 Å². The monoisotopic (exact) mass is 386 g/mol. The summed E-state index contributed by atoms with van der Waals surface area (Å²) in [6.45, 7) is 9.01. The molecule has 1 atom stereocenters. The largest absolute Gasteiger partial charge is 0.490 e. The van der Waals surface area contributed by atoms with Gasteiger partial charge < -0.3 is 14.4 Å². The van der Waals surface area contributed by atoms with E-state index in [1.54, 1.807) is 17.3 Å². The zero-order valence-electron chi connectivity index (χ0n) is 17.8. The van der Waals surface area contributed by atoms with E-state index >= 15 is 0 Å². The lowest BCUT2D eigenvalue weighted by Crippen LogP contribution is -2.42. The van der Waals surface area contributed by atoms with Crippen molar-refractivity contribution in [2.45, 2.75) is 84.3 Å². The number of nitrogens with zero attached hydrogens (tertiary/aromatic N) is 2. The van der Waals surface area contributed by atoms with Crippen LogP contribution in [0.2, 0.25) is 0 Å². The maximum Gasteiger partial charge on any atom is 0.410 e. The Morgan fingerprint density at radius 1 is 1.29 bits per heavy atom. The predicted molar refractivity (Wildman–Crippen MR) is 111 cm³/mol. The van der Waals surface area contributed by atoms with Crippen LogP contribution in [-0.4, -0.2) is 40.8 Å². The summed E-state index contributed by atoms with van der Waals surface area (Å²) in [7, 11) is 0. The quantitative estimate of drug-likeness (QED) is 0.478. The van der Waals surface area contributed by atoms with Gasteiger partial charge in [-0.2, -0.15) is 0 Å². The van der Waals surface area contributed by atoms with Gasteiger partial charge in [-0.25, -0.2) is 4.79 Å². The normalized spacial score (nSPS) is 16.4. The van der Waals surface area contributed by atoms with E-state index in [0.717, 1.165) is 31.2 Å². The molecule has 0 unspecified atom stereocenters. The van der Waals surface area contributed by atoms with E-state index in [9.17, 15) is 4.79 Å². The van der Waals surface area contributed by atoms with Gasteiger partial charge in [0.25, 0.3) is 0 Å². The summed E-state index contributed by atoms with van der Waals surface area (Å²) in [5, 5.41) is 0. The zero-order chi connectivity index (χ0) is 20.4.